The Balaban J connectivity index is 2.28. The minimum Gasteiger partial charge on any atom is -0.472 e. The number of rotatable bonds is 5. The molecule has 0 N–H and O–H groups in total. The summed E-state index contributed by atoms with van der Waals surface area (Å²) >= 11 is 0. The molecule has 0 fully saturated rings. The van der Waals surface area contributed by atoms with E-state index in [1.165, 1.54) is 4.68 Å². The summed E-state index contributed by atoms with van der Waals surface area (Å²) in [7, 11) is 4.80. The van der Waals surface area contributed by atoms with Crippen molar-refractivity contribution in [3.63, 3.8) is 0 Å². The van der Waals surface area contributed by atoms with Crippen LogP contribution in [0.2, 0.25) is 0 Å². The van der Waals surface area contributed by atoms with Crippen molar-refractivity contribution < 1.29 is 14.2 Å². The van der Waals surface area contributed by atoms with Crippen LogP contribution in [0.25, 0.3) is 5.69 Å². The van der Waals surface area contributed by atoms with Crippen LogP contribution in [-0.2, 0) is 22.1 Å². The van der Waals surface area contributed by atoms with E-state index in [2.05, 4.69) is 18.9 Å². The molecular formula is C17H23N3O4. The van der Waals surface area contributed by atoms with Gasteiger partial charge < -0.3 is 14.2 Å². The van der Waals surface area contributed by atoms with Crippen molar-refractivity contribution in [2.24, 2.45) is 7.05 Å². The molecule has 3 rings (SSSR count). The maximum absolute atomic E-state index is 12.7. The molecule has 0 saturated carbocycles. The molecule has 2 aromatic rings. The Bertz CT molecular complexity index is 801. The summed E-state index contributed by atoms with van der Waals surface area (Å²) in [6.07, 6.45) is 0. The van der Waals surface area contributed by atoms with Crippen molar-refractivity contribution in [1.82, 2.24) is 14.3 Å². The maximum atomic E-state index is 12.7. The number of nitrogens with zero attached hydrogens (tertiary/aromatic N) is 3. The lowest BCUT2D eigenvalue weighted by Crippen LogP contribution is -2.47. The topological polar surface area (TPSA) is 67.5 Å². The van der Waals surface area contributed by atoms with Crippen LogP contribution in [0.15, 0.2) is 23.0 Å². The molecule has 130 valence electrons. The number of fused-ring (bicyclic) bond motifs is 3. The number of methoxy groups -OCH3 is 2. The Morgan fingerprint density at radius 3 is 2.50 bits per heavy atom. The molecule has 1 aliphatic rings. The molecule has 0 unspecified atom stereocenters. The summed E-state index contributed by atoms with van der Waals surface area (Å²) in [5.74, 6) is 1.46. The number of aromatic nitrogens is 3. The third-order valence-corrected chi connectivity index (χ3v) is 4.28. The second-order valence-corrected chi connectivity index (χ2v) is 6.41. The first-order valence-corrected chi connectivity index (χ1v) is 7.91. The summed E-state index contributed by atoms with van der Waals surface area (Å²) < 4.78 is 19.9. The molecule has 0 atom stereocenters. The van der Waals surface area contributed by atoms with Crippen LogP contribution in [0, 0.1) is 0 Å². The van der Waals surface area contributed by atoms with Crippen LogP contribution in [0.3, 0.4) is 0 Å². The first kappa shape index (κ1) is 16.7. The van der Waals surface area contributed by atoms with Gasteiger partial charge in [-0.1, -0.05) is 19.9 Å². The lowest BCUT2D eigenvalue weighted by Gasteiger charge is -2.36. The molecule has 0 amide bonds. The zero-order chi connectivity index (χ0) is 17.5. The van der Waals surface area contributed by atoms with Gasteiger partial charge in [-0.15, -0.1) is 0 Å². The average molecular weight is 333 g/mol. The molecule has 1 aromatic carbocycles. The van der Waals surface area contributed by atoms with Crippen molar-refractivity contribution in [2.75, 3.05) is 27.4 Å². The van der Waals surface area contributed by atoms with Crippen molar-refractivity contribution in [3.05, 3.63) is 40.1 Å². The second kappa shape index (κ2) is 6.07. The molecule has 7 heteroatoms. The van der Waals surface area contributed by atoms with Gasteiger partial charge in [-0.2, -0.15) is 5.10 Å². The Morgan fingerprint density at radius 2 is 1.92 bits per heavy atom. The van der Waals surface area contributed by atoms with E-state index in [1.54, 1.807) is 25.8 Å². The third-order valence-electron chi connectivity index (χ3n) is 4.28. The van der Waals surface area contributed by atoms with E-state index in [9.17, 15) is 4.79 Å². The van der Waals surface area contributed by atoms with E-state index < -0.39 is 5.60 Å². The largest absolute Gasteiger partial charge is 0.472 e. The van der Waals surface area contributed by atoms with Crippen LogP contribution in [0.4, 0.5) is 0 Å². The normalized spacial score (nSPS) is 15.1. The Morgan fingerprint density at radius 1 is 1.25 bits per heavy atom. The highest BCUT2D eigenvalue weighted by molar-refractivity contribution is 5.53. The fraction of sp³-hybridized carbons (Fsp3) is 0.529. The first-order chi connectivity index (χ1) is 11.4. The van der Waals surface area contributed by atoms with Crippen LogP contribution in [0.5, 0.6) is 5.75 Å². The minimum absolute atomic E-state index is 0.216. The Kier molecular flexibility index (Phi) is 4.23. The lowest BCUT2D eigenvalue weighted by atomic mass is 9.99. The molecule has 0 saturated heterocycles. The van der Waals surface area contributed by atoms with Crippen molar-refractivity contribution in [3.8, 4) is 11.4 Å². The zero-order valence-corrected chi connectivity index (χ0v) is 14.7. The highest BCUT2D eigenvalue weighted by atomic mass is 16.6. The Labute approximate surface area is 140 Å². The molecule has 1 aromatic heterocycles. The van der Waals surface area contributed by atoms with Gasteiger partial charge >= 0.3 is 5.69 Å². The summed E-state index contributed by atoms with van der Waals surface area (Å²) in [4.78, 5) is 12.7. The predicted octanol–water partition coefficient (Wildman–Crippen LogP) is 1.57. The van der Waals surface area contributed by atoms with Gasteiger partial charge in [0.2, 0.25) is 5.60 Å². The smallest absolute Gasteiger partial charge is 0.350 e. The van der Waals surface area contributed by atoms with Crippen LogP contribution in [0.1, 0.15) is 31.2 Å². The molecule has 0 aliphatic carbocycles. The summed E-state index contributed by atoms with van der Waals surface area (Å²) in [6, 6.07) is 5.89. The van der Waals surface area contributed by atoms with Crippen LogP contribution >= 0.6 is 0 Å². The van der Waals surface area contributed by atoms with Gasteiger partial charge in [-0.25, -0.2) is 14.0 Å². The standard InChI is InChI=1S/C17H23N3O4/c1-11(2)12-6-7-14-13(8-12)20-15(18-19(3)16(20)21)17(24-14,9-22-4)10-23-5/h6-8,11H,9-10H2,1-5H3. The van der Waals surface area contributed by atoms with Gasteiger partial charge in [-0.05, 0) is 23.6 Å². The summed E-state index contributed by atoms with van der Waals surface area (Å²) in [6.45, 7) is 4.67. The highest BCUT2D eigenvalue weighted by Crippen LogP contribution is 2.39. The van der Waals surface area contributed by atoms with Gasteiger partial charge in [-0.3, -0.25) is 0 Å². The van der Waals surface area contributed by atoms with Crippen molar-refractivity contribution in [2.45, 2.75) is 25.4 Å². The van der Waals surface area contributed by atoms with Gasteiger partial charge in [0.1, 0.15) is 5.75 Å². The fourth-order valence-corrected chi connectivity index (χ4v) is 3.08. The van der Waals surface area contributed by atoms with E-state index >= 15 is 0 Å². The van der Waals surface area contributed by atoms with Gasteiger partial charge in [0, 0.05) is 21.3 Å². The number of aryl methyl sites for hydroxylation is 1. The molecule has 0 spiro atoms. The minimum atomic E-state index is -0.962. The molecule has 2 heterocycles. The van der Waals surface area contributed by atoms with E-state index in [4.69, 9.17) is 14.2 Å². The molecular weight excluding hydrogens is 310 g/mol. The van der Waals surface area contributed by atoms with E-state index in [0.717, 1.165) is 5.56 Å². The van der Waals surface area contributed by atoms with E-state index in [0.29, 0.717) is 23.2 Å². The van der Waals surface area contributed by atoms with Gasteiger partial charge in [0.15, 0.2) is 5.82 Å². The second-order valence-electron chi connectivity index (χ2n) is 6.41. The van der Waals surface area contributed by atoms with Gasteiger partial charge in [0.25, 0.3) is 0 Å². The monoisotopic (exact) mass is 333 g/mol. The summed E-state index contributed by atoms with van der Waals surface area (Å²) in [5, 5.41) is 4.40. The number of benzene rings is 1. The van der Waals surface area contributed by atoms with Crippen LogP contribution in [-0.4, -0.2) is 41.8 Å². The van der Waals surface area contributed by atoms with E-state index in [-0.39, 0.29) is 18.9 Å². The van der Waals surface area contributed by atoms with Crippen molar-refractivity contribution in [1.29, 1.82) is 0 Å². The fourth-order valence-electron chi connectivity index (χ4n) is 3.08. The van der Waals surface area contributed by atoms with Crippen LogP contribution < -0.4 is 10.4 Å². The van der Waals surface area contributed by atoms with E-state index in [1.807, 2.05) is 18.2 Å². The summed E-state index contributed by atoms with van der Waals surface area (Å²) in [5.41, 5.74) is 0.658. The Hall–Kier alpha value is -2.12. The first-order valence-electron chi connectivity index (χ1n) is 7.91. The SMILES string of the molecule is COCC1(COC)Oc2ccc(C(C)C)cc2-n2c1nn(C)c2=O. The quantitative estimate of drug-likeness (QED) is 0.831. The molecule has 1 aliphatic heterocycles. The predicted molar refractivity (Wildman–Crippen MR) is 89.0 cm³/mol. The molecule has 24 heavy (non-hydrogen) atoms. The number of hydrogen-bond donors (Lipinski definition) is 0. The maximum Gasteiger partial charge on any atom is 0.350 e. The molecule has 0 radical (unpaired) electrons. The number of hydrogen-bond acceptors (Lipinski definition) is 5. The average Bonchev–Trinajstić information content (AvgIpc) is 2.84. The molecule has 7 nitrogen and oxygen atoms in total. The zero-order valence-electron chi connectivity index (χ0n) is 14.7. The molecule has 0 bridgehead atoms. The van der Waals surface area contributed by atoms with Crippen molar-refractivity contribution >= 4 is 0 Å². The van der Waals surface area contributed by atoms with Gasteiger partial charge in [0.05, 0.1) is 18.9 Å². The number of ether oxygens (including phenoxy) is 3. The lowest BCUT2D eigenvalue weighted by molar-refractivity contribution is -0.0745. The highest BCUT2D eigenvalue weighted by Gasteiger charge is 2.45. The third kappa shape index (κ3) is 2.44.